The number of carbonyl (C=O) groups is 1. The SMILES string of the molecule is O=C(CNS(=O)(=O)c1ccc(F)cc1)OCc1ccc([N+](=O)[O-])cc1. The molecule has 0 aromatic heterocycles. The van der Waals surface area contributed by atoms with Gasteiger partial charge in [0.15, 0.2) is 0 Å². The van der Waals surface area contributed by atoms with E-state index < -0.39 is 33.3 Å². The predicted molar refractivity (Wildman–Crippen MR) is 84.5 cm³/mol. The molecular weight excluding hydrogens is 355 g/mol. The first kappa shape index (κ1) is 18.5. The summed E-state index contributed by atoms with van der Waals surface area (Å²) in [4.78, 5) is 21.4. The van der Waals surface area contributed by atoms with Crippen molar-refractivity contribution >= 4 is 21.7 Å². The molecule has 0 amide bonds. The lowest BCUT2D eigenvalue weighted by Gasteiger charge is -2.07. The van der Waals surface area contributed by atoms with E-state index in [-0.39, 0.29) is 17.2 Å². The summed E-state index contributed by atoms with van der Waals surface area (Å²) >= 11 is 0. The number of non-ortho nitro benzene ring substituents is 1. The number of nitrogens with zero attached hydrogens (tertiary/aromatic N) is 1. The first-order valence-electron chi connectivity index (χ1n) is 6.92. The maximum Gasteiger partial charge on any atom is 0.321 e. The van der Waals surface area contributed by atoms with Crippen LogP contribution in [0.25, 0.3) is 0 Å². The Morgan fingerprint density at radius 3 is 2.28 bits per heavy atom. The lowest BCUT2D eigenvalue weighted by atomic mass is 10.2. The number of esters is 1. The standard InChI is InChI=1S/C15H13FN2O6S/c16-12-3-7-14(8-4-12)25(22,23)17-9-15(19)24-10-11-1-5-13(6-2-11)18(20)21/h1-8,17H,9-10H2. The van der Waals surface area contributed by atoms with Gasteiger partial charge in [-0.05, 0) is 42.0 Å². The van der Waals surface area contributed by atoms with E-state index in [4.69, 9.17) is 4.74 Å². The smallest absolute Gasteiger partial charge is 0.321 e. The number of ether oxygens (including phenoxy) is 1. The number of nitro benzene ring substituents is 1. The van der Waals surface area contributed by atoms with Crippen LogP contribution in [-0.4, -0.2) is 25.9 Å². The minimum absolute atomic E-state index is 0.0952. The number of rotatable bonds is 7. The summed E-state index contributed by atoms with van der Waals surface area (Å²) in [5, 5.41) is 10.5. The molecule has 0 heterocycles. The second-order valence-electron chi connectivity index (χ2n) is 4.86. The summed E-state index contributed by atoms with van der Waals surface area (Å²) in [6, 6.07) is 9.49. The van der Waals surface area contributed by atoms with Crippen molar-refractivity contribution in [1.82, 2.24) is 4.72 Å². The van der Waals surface area contributed by atoms with Crippen molar-refractivity contribution in [2.45, 2.75) is 11.5 Å². The minimum atomic E-state index is -3.96. The van der Waals surface area contributed by atoms with Crippen molar-refractivity contribution in [3.05, 3.63) is 70.0 Å². The van der Waals surface area contributed by atoms with Gasteiger partial charge in [0.2, 0.25) is 10.0 Å². The molecular formula is C15H13FN2O6S. The van der Waals surface area contributed by atoms with Crippen molar-refractivity contribution < 1.29 is 27.3 Å². The Balaban J connectivity index is 1.85. The van der Waals surface area contributed by atoms with Crippen LogP contribution in [0.1, 0.15) is 5.56 Å². The van der Waals surface area contributed by atoms with Crippen LogP contribution in [-0.2, 0) is 26.2 Å². The van der Waals surface area contributed by atoms with Crippen LogP contribution in [0.2, 0.25) is 0 Å². The Morgan fingerprint density at radius 1 is 1.12 bits per heavy atom. The highest BCUT2D eigenvalue weighted by molar-refractivity contribution is 7.89. The third-order valence-corrected chi connectivity index (χ3v) is 4.49. The topological polar surface area (TPSA) is 116 Å². The number of benzene rings is 2. The normalized spacial score (nSPS) is 11.1. The van der Waals surface area contributed by atoms with Gasteiger partial charge in [0.1, 0.15) is 19.0 Å². The van der Waals surface area contributed by atoms with E-state index in [1.165, 1.54) is 24.3 Å². The summed E-state index contributed by atoms with van der Waals surface area (Å²) < 4.78 is 43.6. The monoisotopic (exact) mass is 368 g/mol. The predicted octanol–water partition coefficient (Wildman–Crippen LogP) is 1.76. The van der Waals surface area contributed by atoms with Crippen LogP contribution < -0.4 is 4.72 Å². The number of carbonyl (C=O) groups excluding carboxylic acids is 1. The highest BCUT2D eigenvalue weighted by Gasteiger charge is 2.16. The first-order chi connectivity index (χ1) is 11.8. The largest absolute Gasteiger partial charge is 0.460 e. The highest BCUT2D eigenvalue weighted by Crippen LogP contribution is 2.13. The summed E-state index contributed by atoms with van der Waals surface area (Å²) in [7, 11) is -3.96. The minimum Gasteiger partial charge on any atom is -0.460 e. The average molecular weight is 368 g/mol. The molecule has 0 spiro atoms. The summed E-state index contributed by atoms with van der Waals surface area (Å²) in [6.45, 7) is -0.762. The lowest BCUT2D eigenvalue weighted by molar-refractivity contribution is -0.384. The second kappa shape index (κ2) is 7.81. The fraction of sp³-hybridized carbons (Fsp3) is 0.133. The molecule has 0 aliphatic heterocycles. The third kappa shape index (κ3) is 5.33. The Bertz CT molecular complexity index is 866. The van der Waals surface area contributed by atoms with E-state index >= 15 is 0 Å². The number of hydrogen-bond donors (Lipinski definition) is 1. The van der Waals surface area contributed by atoms with E-state index in [1.54, 1.807) is 0 Å². The van der Waals surface area contributed by atoms with Gasteiger partial charge < -0.3 is 4.74 Å². The highest BCUT2D eigenvalue weighted by atomic mass is 32.2. The second-order valence-corrected chi connectivity index (χ2v) is 6.63. The average Bonchev–Trinajstić information content (AvgIpc) is 2.59. The molecule has 2 aromatic rings. The third-order valence-electron chi connectivity index (χ3n) is 3.08. The molecule has 0 saturated carbocycles. The molecule has 0 radical (unpaired) electrons. The van der Waals surface area contributed by atoms with E-state index in [0.29, 0.717) is 5.56 Å². The molecule has 25 heavy (non-hydrogen) atoms. The van der Waals surface area contributed by atoms with Gasteiger partial charge in [-0.25, -0.2) is 12.8 Å². The molecule has 132 valence electrons. The quantitative estimate of drug-likeness (QED) is 0.452. The number of nitrogens with one attached hydrogen (secondary N) is 1. The number of hydrogen-bond acceptors (Lipinski definition) is 6. The van der Waals surface area contributed by atoms with Crippen molar-refractivity contribution in [1.29, 1.82) is 0 Å². The Labute approximate surface area is 142 Å². The Hall–Kier alpha value is -2.85. The van der Waals surface area contributed by atoms with Crippen molar-refractivity contribution in [2.24, 2.45) is 0 Å². The number of halogens is 1. The molecule has 2 rings (SSSR count). The van der Waals surface area contributed by atoms with E-state index in [0.717, 1.165) is 24.3 Å². The molecule has 1 N–H and O–H groups in total. The number of sulfonamides is 1. The van der Waals surface area contributed by atoms with Crippen LogP contribution in [0, 0.1) is 15.9 Å². The van der Waals surface area contributed by atoms with Crippen LogP contribution in [0.5, 0.6) is 0 Å². The Morgan fingerprint density at radius 2 is 1.72 bits per heavy atom. The zero-order valence-corrected chi connectivity index (χ0v) is 13.5. The molecule has 0 atom stereocenters. The maximum atomic E-state index is 12.8. The molecule has 8 nitrogen and oxygen atoms in total. The van der Waals surface area contributed by atoms with Gasteiger partial charge in [0.05, 0.1) is 9.82 Å². The maximum absolute atomic E-state index is 12.8. The molecule has 2 aromatic carbocycles. The van der Waals surface area contributed by atoms with Crippen LogP contribution >= 0.6 is 0 Å². The molecule has 0 aliphatic carbocycles. The van der Waals surface area contributed by atoms with Gasteiger partial charge in [0.25, 0.3) is 5.69 Å². The van der Waals surface area contributed by atoms with Crippen LogP contribution in [0.15, 0.2) is 53.4 Å². The fourth-order valence-electron chi connectivity index (χ4n) is 1.78. The van der Waals surface area contributed by atoms with Crippen molar-refractivity contribution in [3.63, 3.8) is 0 Å². The van der Waals surface area contributed by atoms with E-state index in [2.05, 4.69) is 0 Å². The van der Waals surface area contributed by atoms with Gasteiger partial charge in [-0.15, -0.1) is 0 Å². The van der Waals surface area contributed by atoms with E-state index in [1.807, 2.05) is 4.72 Å². The molecule has 0 fully saturated rings. The molecule has 10 heteroatoms. The van der Waals surface area contributed by atoms with Crippen molar-refractivity contribution in [2.75, 3.05) is 6.54 Å². The number of nitro groups is 1. The molecule has 0 unspecified atom stereocenters. The van der Waals surface area contributed by atoms with Crippen molar-refractivity contribution in [3.8, 4) is 0 Å². The zero-order valence-electron chi connectivity index (χ0n) is 12.7. The molecule has 0 saturated heterocycles. The lowest BCUT2D eigenvalue weighted by Crippen LogP contribution is -2.30. The Kier molecular flexibility index (Phi) is 5.78. The first-order valence-corrected chi connectivity index (χ1v) is 8.40. The summed E-state index contributed by atoms with van der Waals surface area (Å²) in [5.74, 6) is -1.41. The van der Waals surface area contributed by atoms with Gasteiger partial charge in [-0.3, -0.25) is 14.9 Å². The summed E-state index contributed by atoms with van der Waals surface area (Å²) in [5.41, 5.74) is 0.419. The van der Waals surface area contributed by atoms with Gasteiger partial charge in [-0.1, -0.05) is 0 Å². The fourth-order valence-corrected chi connectivity index (χ4v) is 2.75. The molecule has 0 aliphatic rings. The van der Waals surface area contributed by atoms with Crippen LogP contribution in [0.3, 0.4) is 0 Å². The van der Waals surface area contributed by atoms with Crippen LogP contribution in [0.4, 0.5) is 10.1 Å². The van der Waals surface area contributed by atoms with Gasteiger partial charge >= 0.3 is 5.97 Å². The van der Waals surface area contributed by atoms with Gasteiger partial charge in [-0.2, -0.15) is 4.72 Å². The van der Waals surface area contributed by atoms with Gasteiger partial charge in [0, 0.05) is 12.1 Å². The zero-order chi connectivity index (χ0) is 18.4. The summed E-state index contributed by atoms with van der Waals surface area (Å²) in [6.07, 6.45) is 0. The molecule has 0 bridgehead atoms. The van der Waals surface area contributed by atoms with E-state index in [9.17, 15) is 27.7 Å².